The van der Waals surface area contributed by atoms with Crippen molar-refractivity contribution >= 4 is 34.7 Å². The fraction of sp³-hybridized carbons (Fsp3) is 0.100. The number of carbonyl (C=O) groups excluding carboxylic acids is 1. The number of aryl methyl sites for hydroxylation is 1. The summed E-state index contributed by atoms with van der Waals surface area (Å²) in [6.07, 6.45) is 1.73. The molecule has 0 unspecified atom stereocenters. The predicted molar refractivity (Wildman–Crippen MR) is 108 cm³/mol. The van der Waals surface area contributed by atoms with E-state index >= 15 is 0 Å². The second-order valence-corrected chi connectivity index (χ2v) is 6.62. The van der Waals surface area contributed by atoms with E-state index in [9.17, 15) is 4.79 Å². The van der Waals surface area contributed by atoms with Crippen LogP contribution < -0.4 is 5.32 Å². The monoisotopic (exact) mass is 375 g/mol. The molecule has 0 saturated carbocycles. The van der Waals surface area contributed by atoms with Crippen molar-refractivity contribution in [1.29, 1.82) is 0 Å². The van der Waals surface area contributed by atoms with Crippen LogP contribution in [0.5, 0.6) is 0 Å². The number of nitrogens with zero attached hydrogens (tertiary/aromatic N) is 3. The van der Waals surface area contributed by atoms with Gasteiger partial charge in [-0.25, -0.2) is 0 Å². The number of amides is 1. The summed E-state index contributed by atoms with van der Waals surface area (Å²) in [7, 11) is 0. The molecular formula is C20H17N5OS. The first-order valence-electron chi connectivity index (χ1n) is 8.47. The first-order chi connectivity index (χ1) is 13.1. The summed E-state index contributed by atoms with van der Waals surface area (Å²) >= 11 is 5.31. The van der Waals surface area contributed by atoms with Crippen LogP contribution in [-0.2, 0) is 11.3 Å². The average Bonchev–Trinajstić information content (AvgIpc) is 3.03. The molecule has 2 heterocycles. The normalized spacial score (nSPS) is 10.9. The fourth-order valence-electron chi connectivity index (χ4n) is 2.93. The Bertz CT molecular complexity index is 1170. The van der Waals surface area contributed by atoms with E-state index in [1.54, 1.807) is 10.8 Å². The first-order valence-corrected chi connectivity index (χ1v) is 8.88. The summed E-state index contributed by atoms with van der Waals surface area (Å²) in [6, 6.07) is 17.3. The molecule has 0 fully saturated rings. The maximum absolute atomic E-state index is 12.7. The molecule has 0 spiro atoms. The Labute approximate surface area is 160 Å². The molecule has 27 heavy (non-hydrogen) atoms. The number of rotatable bonds is 4. The van der Waals surface area contributed by atoms with Crippen molar-refractivity contribution in [2.24, 2.45) is 0 Å². The SMILES string of the molecule is Cc1ccc(-c2n[nH]c(=S)n2CC(=O)Nc2cccc3ncccc23)cc1. The molecule has 0 saturated heterocycles. The smallest absolute Gasteiger partial charge is 0.244 e. The molecule has 0 aliphatic heterocycles. The Kier molecular flexibility index (Phi) is 4.52. The lowest BCUT2D eigenvalue weighted by Gasteiger charge is -2.10. The Morgan fingerprint density at radius 1 is 1.15 bits per heavy atom. The van der Waals surface area contributed by atoms with Crippen LogP contribution in [0.4, 0.5) is 5.69 Å². The lowest BCUT2D eigenvalue weighted by molar-refractivity contribution is -0.116. The molecule has 0 atom stereocenters. The highest BCUT2D eigenvalue weighted by Crippen LogP contribution is 2.22. The second-order valence-electron chi connectivity index (χ2n) is 6.23. The van der Waals surface area contributed by atoms with Gasteiger partial charge < -0.3 is 5.32 Å². The van der Waals surface area contributed by atoms with Gasteiger partial charge in [-0.1, -0.05) is 35.9 Å². The van der Waals surface area contributed by atoms with Gasteiger partial charge in [-0.3, -0.25) is 19.4 Å². The van der Waals surface area contributed by atoms with Gasteiger partial charge in [0.25, 0.3) is 0 Å². The molecule has 7 heteroatoms. The topological polar surface area (TPSA) is 75.6 Å². The molecule has 4 aromatic rings. The standard InChI is InChI=1S/C20H17N5OS/c1-13-7-9-14(10-8-13)19-23-24-20(27)25(19)12-18(26)22-17-6-2-5-16-15(17)4-3-11-21-16/h2-11H,12H2,1H3,(H,22,26)(H,24,27). The lowest BCUT2D eigenvalue weighted by Crippen LogP contribution is -2.19. The molecular weight excluding hydrogens is 358 g/mol. The number of fused-ring (bicyclic) bond motifs is 1. The highest BCUT2D eigenvalue weighted by Gasteiger charge is 2.13. The molecule has 0 bridgehead atoms. The van der Waals surface area contributed by atoms with Gasteiger partial charge in [-0.2, -0.15) is 5.10 Å². The van der Waals surface area contributed by atoms with Gasteiger partial charge in [-0.15, -0.1) is 0 Å². The van der Waals surface area contributed by atoms with Crippen LogP contribution in [0.25, 0.3) is 22.3 Å². The van der Waals surface area contributed by atoms with Gasteiger partial charge in [0.15, 0.2) is 10.6 Å². The number of pyridine rings is 1. The second kappa shape index (κ2) is 7.13. The Hall–Kier alpha value is -3.32. The van der Waals surface area contributed by atoms with Gasteiger partial charge in [0.1, 0.15) is 6.54 Å². The zero-order valence-electron chi connectivity index (χ0n) is 14.6. The first kappa shape index (κ1) is 17.1. The number of benzene rings is 2. The third kappa shape index (κ3) is 3.50. The van der Waals surface area contributed by atoms with Crippen LogP contribution in [-0.4, -0.2) is 25.7 Å². The van der Waals surface area contributed by atoms with Crippen molar-refractivity contribution in [3.63, 3.8) is 0 Å². The van der Waals surface area contributed by atoms with E-state index in [0.29, 0.717) is 10.6 Å². The minimum Gasteiger partial charge on any atom is -0.324 e. The summed E-state index contributed by atoms with van der Waals surface area (Å²) < 4.78 is 2.10. The third-order valence-electron chi connectivity index (χ3n) is 4.29. The van der Waals surface area contributed by atoms with Gasteiger partial charge >= 0.3 is 0 Å². The highest BCUT2D eigenvalue weighted by atomic mass is 32.1. The van der Waals surface area contributed by atoms with Crippen LogP contribution in [0.15, 0.2) is 60.8 Å². The molecule has 0 radical (unpaired) electrons. The van der Waals surface area contributed by atoms with Crippen LogP contribution in [0.3, 0.4) is 0 Å². The third-order valence-corrected chi connectivity index (χ3v) is 4.60. The van der Waals surface area contributed by atoms with E-state index in [1.807, 2.05) is 61.5 Å². The minimum absolute atomic E-state index is 0.0647. The quantitative estimate of drug-likeness (QED) is 0.527. The number of aromatic amines is 1. The number of nitrogens with one attached hydrogen (secondary N) is 2. The zero-order chi connectivity index (χ0) is 18.8. The number of carbonyl (C=O) groups is 1. The molecule has 0 aliphatic carbocycles. The molecule has 2 aromatic carbocycles. The summed E-state index contributed by atoms with van der Waals surface area (Å²) in [5.41, 5.74) is 3.60. The Balaban J connectivity index is 1.61. The Morgan fingerprint density at radius 2 is 1.96 bits per heavy atom. The van der Waals surface area contributed by atoms with E-state index in [-0.39, 0.29) is 12.5 Å². The average molecular weight is 375 g/mol. The lowest BCUT2D eigenvalue weighted by atomic mass is 10.1. The van der Waals surface area contributed by atoms with Crippen molar-refractivity contribution in [2.45, 2.75) is 13.5 Å². The fourth-order valence-corrected chi connectivity index (χ4v) is 3.13. The van der Waals surface area contributed by atoms with Crippen LogP contribution in [0, 0.1) is 11.7 Å². The van der Waals surface area contributed by atoms with Crippen molar-refractivity contribution < 1.29 is 4.79 Å². The molecule has 0 aliphatic rings. The van der Waals surface area contributed by atoms with Crippen LogP contribution in [0.2, 0.25) is 0 Å². The molecule has 2 N–H and O–H groups in total. The molecule has 134 valence electrons. The molecule has 1 amide bonds. The van der Waals surface area contributed by atoms with E-state index in [4.69, 9.17) is 12.2 Å². The molecule has 2 aromatic heterocycles. The van der Waals surface area contributed by atoms with E-state index < -0.39 is 0 Å². The highest BCUT2D eigenvalue weighted by molar-refractivity contribution is 7.71. The maximum Gasteiger partial charge on any atom is 0.244 e. The van der Waals surface area contributed by atoms with Crippen LogP contribution >= 0.6 is 12.2 Å². The van der Waals surface area contributed by atoms with Crippen molar-refractivity contribution in [3.05, 3.63) is 71.1 Å². The molecule has 4 rings (SSSR count). The van der Waals surface area contributed by atoms with E-state index in [1.165, 1.54) is 0 Å². The van der Waals surface area contributed by atoms with Crippen molar-refractivity contribution in [3.8, 4) is 11.4 Å². The number of hydrogen-bond acceptors (Lipinski definition) is 4. The van der Waals surface area contributed by atoms with Gasteiger partial charge in [0.05, 0.1) is 11.2 Å². The largest absolute Gasteiger partial charge is 0.324 e. The van der Waals surface area contributed by atoms with E-state index in [2.05, 4.69) is 20.5 Å². The summed E-state index contributed by atoms with van der Waals surface area (Å²) in [4.78, 5) is 17.0. The number of anilines is 1. The number of hydrogen-bond donors (Lipinski definition) is 2. The van der Waals surface area contributed by atoms with Gasteiger partial charge in [0.2, 0.25) is 5.91 Å². The maximum atomic E-state index is 12.7. The summed E-state index contributed by atoms with van der Waals surface area (Å²) in [6.45, 7) is 2.09. The zero-order valence-corrected chi connectivity index (χ0v) is 15.5. The predicted octanol–water partition coefficient (Wildman–Crippen LogP) is 4.10. The van der Waals surface area contributed by atoms with E-state index in [0.717, 1.165) is 27.7 Å². The summed E-state index contributed by atoms with van der Waals surface area (Å²) in [5, 5.41) is 10.9. The molecule has 6 nitrogen and oxygen atoms in total. The van der Waals surface area contributed by atoms with Gasteiger partial charge in [-0.05, 0) is 43.4 Å². The van der Waals surface area contributed by atoms with Crippen LogP contribution in [0.1, 0.15) is 5.56 Å². The summed E-state index contributed by atoms with van der Waals surface area (Å²) in [5.74, 6) is 0.451. The van der Waals surface area contributed by atoms with Gasteiger partial charge in [0, 0.05) is 17.1 Å². The number of aromatic nitrogens is 4. The Morgan fingerprint density at radius 3 is 2.78 bits per heavy atom. The van der Waals surface area contributed by atoms with Crippen molar-refractivity contribution in [2.75, 3.05) is 5.32 Å². The minimum atomic E-state index is -0.183. The van der Waals surface area contributed by atoms with Crippen molar-refractivity contribution in [1.82, 2.24) is 19.7 Å². The number of H-pyrrole nitrogens is 1.